The lowest BCUT2D eigenvalue weighted by Crippen LogP contribution is -2.37. The Morgan fingerprint density at radius 2 is 1.80 bits per heavy atom. The van der Waals surface area contributed by atoms with Crippen LogP contribution >= 0.6 is 11.8 Å². The van der Waals surface area contributed by atoms with E-state index in [9.17, 15) is 9.18 Å². The Balaban J connectivity index is 1.70. The van der Waals surface area contributed by atoms with Gasteiger partial charge in [-0.15, -0.1) is 10.2 Å². The monoisotopic (exact) mass is 363 g/mol. The second kappa shape index (κ2) is 7.86. The first-order valence-electron chi connectivity index (χ1n) is 8.48. The number of likely N-dealkylation sites (tertiary alicyclic amines) is 1. The number of nitrogen functional groups attached to an aromatic ring is 1. The zero-order chi connectivity index (χ0) is 17.8. The minimum absolute atomic E-state index is 0.109. The van der Waals surface area contributed by atoms with Crippen molar-refractivity contribution in [3.63, 3.8) is 0 Å². The highest BCUT2D eigenvalue weighted by Crippen LogP contribution is 2.26. The van der Waals surface area contributed by atoms with E-state index in [-0.39, 0.29) is 17.0 Å². The molecule has 3 rings (SSSR count). The third kappa shape index (κ3) is 4.12. The lowest BCUT2D eigenvalue weighted by Gasteiger charge is -2.23. The number of aromatic nitrogens is 3. The first-order chi connectivity index (χ1) is 12.1. The molecule has 2 heterocycles. The van der Waals surface area contributed by atoms with Crippen LogP contribution in [0.2, 0.25) is 0 Å². The fraction of sp³-hybridized carbons (Fsp3) is 0.471. The van der Waals surface area contributed by atoms with Crippen molar-refractivity contribution in [1.29, 1.82) is 0 Å². The lowest BCUT2D eigenvalue weighted by atomic mass is 10.2. The van der Waals surface area contributed by atoms with E-state index in [1.165, 1.54) is 41.4 Å². The number of hydrogen-bond donors (Lipinski definition) is 1. The normalized spacial score (nSPS) is 16.5. The van der Waals surface area contributed by atoms with Crippen molar-refractivity contribution in [2.24, 2.45) is 0 Å². The molecule has 0 radical (unpaired) electrons. The maximum absolute atomic E-state index is 13.1. The van der Waals surface area contributed by atoms with Gasteiger partial charge >= 0.3 is 0 Å². The number of carbonyl (C=O) groups is 1. The van der Waals surface area contributed by atoms with Crippen LogP contribution in [0.3, 0.4) is 0 Å². The number of thioether (sulfide) groups is 1. The fourth-order valence-corrected chi connectivity index (χ4v) is 3.76. The average Bonchev–Trinajstić information content (AvgIpc) is 2.82. The van der Waals surface area contributed by atoms with Gasteiger partial charge in [0.2, 0.25) is 11.1 Å². The van der Waals surface area contributed by atoms with Gasteiger partial charge in [-0.05, 0) is 44.0 Å². The van der Waals surface area contributed by atoms with Crippen molar-refractivity contribution in [2.75, 3.05) is 18.9 Å². The van der Waals surface area contributed by atoms with Gasteiger partial charge in [0.15, 0.2) is 5.82 Å². The smallest absolute Gasteiger partial charge is 0.235 e. The molecule has 134 valence electrons. The molecule has 25 heavy (non-hydrogen) atoms. The Bertz CT molecular complexity index is 725. The van der Waals surface area contributed by atoms with E-state index in [4.69, 9.17) is 5.84 Å². The first-order valence-corrected chi connectivity index (χ1v) is 9.36. The van der Waals surface area contributed by atoms with Crippen molar-refractivity contribution in [3.05, 3.63) is 30.1 Å². The molecule has 1 saturated heterocycles. The number of benzene rings is 1. The molecule has 1 aliphatic heterocycles. The number of carbonyl (C=O) groups excluding carboxylic acids is 1. The summed E-state index contributed by atoms with van der Waals surface area (Å²) in [7, 11) is 0. The second-order valence-corrected chi connectivity index (χ2v) is 7.49. The van der Waals surface area contributed by atoms with Crippen LogP contribution in [0.15, 0.2) is 29.4 Å². The van der Waals surface area contributed by atoms with E-state index in [1.54, 1.807) is 12.1 Å². The summed E-state index contributed by atoms with van der Waals surface area (Å²) in [6.07, 6.45) is 4.49. The van der Waals surface area contributed by atoms with Crippen molar-refractivity contribution in [1.82, 2.24) is 19.8 Å². The Morgan fingerprint density at radius 1 is 1.16 bits per heavy atom. The zero-order valence-electron chi connectivity index (χ0n) is 14.2. The number of amides is 1. The predicted molar refractivity (Wildman–Crippen MR) is 95.9 cm³/mol. The Hall–Kier alpha value is -2.09. The van der Waals surface area contributed by atoms with E-state index in [0.29, 0.717) is 16.5 Å². The molecule has 0 spiro atoms. The molecule has 1 aromatic carbocycles. The summed E-state index contributed by atoms with van der Waals surface area (Å²) >= 11 is 1.30. The van der Waals surface area contributed by atoms with Gasteiger partial charge < -0.3 is 10.7 Å². The third-order valence-corrected chi connectivity index (χ3v) is 5.36. The molecule has 1 atom stereocenters. The summed E-state index contributed by atoms with van der Waals surface area (Å²) in [6.45, 7) is 3.50. The fourth-order valence-electron chi connectivity index (χ4n) is 2.91. The number of hydrogen-bond acceptors (Lipinski definition) is 5. The third-order valence-electron chi connectivity index (χ3n) is 4.31. The van der Waals surface area contributed by atoms with Gasteiger partial charge in [0.25, 0.3) is 0 Å². The molecular formula is C17H22FN5OS. The quantitative estimate of drug-likeness (QED) is 0.667. The molecule has 0 bridgehead atoms. The first kappa shape index (κ1) is 17.7. The topological polar surface area (TPSA) is 77.0 Å². The van der Waals surface area contributed by atoms with Crippen molar-refractivity contribution in [3.8, 4) is 11.4 Å². The van der Waals surface area contributed by atoms with Crippen LogP contribution in [-0.4, -0.2) is 44.0 Å². The summed E-state index contributed by atoms with van der Waals surface area (Å²) < 4.78 is 14.4. The summed E-state index contributed by atoms with van der Waals surface area (Å²) in [4.78, 5) is 14.6. The summed E-state index contributed by atoms with van der Waals surface area (Å²) in [5.41, 5.74) is 0.676. The van der Waals surface area contributed by atoms with Gasteiger partial charge in [0.1, 0.15) is 5.82 Å². The van der Waals surface area contributed by atoms with Crippen molar-refractivity contribution in [2.45, 2.75) is 43.0 Å². The van der Waals surface area contributed by atoms with E-state index in [1.807, 2.05) is 11.8 Å². The Labute approximate surface area is 150 Å². The van der Waals surface area contributed by atoms with Crippen molar-refractivity contribution >= 4 is 17.7 Å². The largest absolute Gasteiger partial charge is 0.342 e. The van der Waals surface area contributed by atoms with Crippen molar-refractivity contribution < 1.29 is 9.18 Å². The summed E-state index contributed by atoms with van der Waals surface area (Å²) in [6, 6.07) is 5.90. The van der Waals surface area contributed by atoms with Gasteiger partial charge in [-0.2, -0.15) is 0 Å². The standard InChI is InChI=1S/C17H22FN5OS/c1-12(16(24)22-10-4-2-3-5-11-22)25-17-21-20-15(23(17)19)13-6-8-14(18)9-7-13/h6-9,12H,2-5,10-11,19H2,1H3/t12-/m1/s1. The molecule has 1 aliphatic rings. The highest BCUT2D eigenvalue weighted by atomic mass is 32.2. The molecule has 1 fully saturated rings. The summed E-state index contributed by atoms with van der Waals surface area (Å²) in [5.74, 6) is 6.31. The predicted octanol–water partition coefficient (Wildman–Crippen LogP) is 2.68. The van der Waals surface area contributed by atoms with Crippen LogP contribution in [0.5, 0.6) is 0 Å². The molecule has 0 saturated carbocycles. The van der Waals surface area contributed by atoms with Crippen LogP contribution in [-0.2, 0) is 4.79 Å². The van der Waals surface area contributed by atoms with Crippen LogP contribution in [0.1, 0.15) is 32.6 Å². The van der Waals surface area contributed by atoms with E-state index in [2.05, 4.69) is 10.2 Å². The number of rotatable bonds is 4. The van der Waals surface area contributed by atoms with Crippen LogP contribution in [0, 0.1) is 5.82 Å². The van der Waals surface area contributed by atoms with Gasteiger partial charge in [-0.3, -0.25) is 4.79 Å². The molecule has 2 aromatic rings. The summed E-state index contributed by atoms with van der Waals surface area (Å²) in [5, 5.41) is 8.34. The molecule has 1 amide bonds. The Morgan fingerprint density at radius 3 is 2.44 bits per heavy atom. The van der Waals surface area contributed by atoms with E-state index >= 15 is 0 Å². The van der Waals surface area contributed by atoms with Crippen LogP contribution in [0.4, 0.5) is 4.39 Å². The molecule has 8 heteroatoms. The minimum Gasteiger partial charge on any atom is -0.342 e. The van der Waals surface area contributed by atoms with Gasteiger partial charge in [0, 0.05) is 18.7 Å². The Kier molecular flexibility index (Phi) is 5.57. The maximum Gasteiger partial charge on any atom is 0.235 e. The number of halogens is 1. The SMILES string of the molecule is C[C@@H](Sc1nnc(-c2ccc(F)cc2)n1N)C(=O)N1CCCCCC1. The molecule has 0 unspecified atom stereocenters. The lowest BCUT2D eigenvalue weighted by molar-refractivity contribution is -0.130. The molecule has 6 nitrogen and oxygen atoms in total. The second-order valence-electron chi connectivity index (χ2n) is 6.18. The van der Waals surface area contributed by atoms with E-state index < -0.39 is 0 Å². The number of nitrogens with two attached hydrogens (primary N) is 1. The van der Waals surface area contributed by atoms with Gasteiger partial charge in [-0.25, -0.2) is 9.07 Å². The highest BCUT2D eigenvalue weighted by Gasteiger charge is 2.24. The molecule has 2 N–H and O–H groups in total. The number of nitrogens with zero attached hydrogens (tertiary/aromatic N) is 4. The molecule has 1 aromatic heterocycles. The highest BCUT2D eigenvalue weighted by molar-refractivity contribution is 8.00. The van der Waals surface area contributed by atoms with Gasteiger partial charge in [0.05, 0.1) is 5.25 Å². The maximum atomic E-state index is 13.1. The van der Waals surface area contributed by atoms with Crippen LogP contribution in [0.25, 0.3) is 11.4 Å². The van der Waals surface area contributed by atoms with Crippen LogP contribution < -0.4 is 5.84 Å². The average molecular weight is 363 g/mol. The van der Waals surface area contributed by atoms with Gasteiger partial charge in [-0.1, -0.05) is 24.6 Å². The minimum atomic E-state index is -0.321. The molecular weight excluding hydrogens is 341 g/mol. The van der Waals surface area contributed by atoms with E-state index in [0.717, 1.165) is 25.9 Å². The zero-order valence-corrected chi connectivity index (χ0v) is 15.0. The molecule has 0 aliphatic carbocycles.